The van der Waals surface area contributed by atoms with E-state index in [2.05, 4.69) is 9.97 Å². The third kappa shape index (κ3) is 11.3. The largest absolute Gasteiger partial charge is 0.513 e. The van der Waals surface area contributed by atoms with Gasteiger partial charge in [0.25, 0.3) is 11.1 Å². The first-order chi connectivity index (χ1) is 38.2. The Morgan fingerprint density at radius 3 is 1.32 bits per heavy atom. The van der Waals surface area contributed by atoms with Crippen LogP contribution in [0.15, 0.2) is 201 Å². The summed E-state index contributed by atoms with van der Waals surface area (Å²) < 4.78 is 84.3. The molecular formula is C60H58FN4O13P. The molecule has 0 radical (unpaired) electrons. The summed E-state index contributed by atoms with van der Waals surface area (Å²) in [5.74, 6) is 1.20. The average molecular weight is 1090 g/mol. The maximum Gasteiger partial charge on any atom is 0.513 e. The molecule has 6 aromatic carbocycles. The van der Waals surface area contributed by atoms with Crippen molar-refractivity contribution < 1.29 is 46.2 Å². The van der Waals surface area contributed by atoms with Gasteiger partial charge in [-0.3, -0.25) is 37.7 Å². The predicted octanol–water partition coefficient (Wildman–Crippen LogP) is 9.16. The molecule has 0 spiro atoms. The number of nitrogens with zero attached hydrogens (tertiary/aromatic N) is 2. The fraction of sp³-hybridized carbons (Fsp3) is 0.267. The molecule has 1 unspecified atom stereocenters. The summed E-state index contributed by atoms with van der Waals surface area (Å²) in [5, 5.41) is 0. The minimum Gasteiger partial charge on any atom is -0.497 e. The Kier molecular flexibility index (Phi) is 16.1. The van der Waals surface area contributed by atoms with Gasteiger partial charge in [0.05, 0.1) is 33.5 Å². The third-order valence-corrected chi connectivity index (χ3v) is 15.4. The first kappa shape index (κ1) is 54.6. The van der Waals surface area contributed by atoms with Gasteiger partial charge in [0.1, 0.15) is 53.5 Å². The van der Waals surface area contributed by atoms with Crippen LogP contribution in [0.25, 0.3) is 0 Å². The first-order valence-electron chi connectivity index (χ1n) is 25.6. The second-order valence-corrected chi connectivity index (χ2v) is 20.6. The van der Waals surface area contributed by atoms with E-state index in [0.717, 1.165) is 15.7 Å². The highest BCUT2D eigenvalue weighted by atomic mass is 31.2. The highest BCUT2D eigenvalue weighted by Gasteiger charge is 2.49. The molecule has 17 nitrogen and oxygen atoms in total. The van der Waals surface area contributed by atoms with Gasteiger partial charge in [0.2, 0.25) is 0 Å². The van der Waals surface area contributed by atoms with Crippen molar-refractivity contribution >= 4 is 7.91 Å². The fourth-order valence-electron chi connectivity index (χ4n) is 10.5. The van der Waals surface area contributed by atoms with Crippen LogP contribution in [-0.4, -0.2) is 71.0 Å². The van der Waals surface area contributed by atoms with Gasteiger partial charge in [-0.05, 0) is 71.5 Å². The van der Waals surface area contributed by atoms with Crippen molar-refractivity contribution in [3.63, 3.8) is 0 Å². The van der Waals surface area contributed by atoms with Crippen molar-refractivity contribution in [1.29, 1.82) is 0 Å². The lowest BCUT2D eigenvalue weighted by Gasteiger charge is -2.39. The van der Waals surface area contributed by atoms with Crippen LogP contribution in [0.2, 0.25) is 0 Å². The number of hydrogen-bond acceptors (Lipinski definition) is 13. The van der Waals surface area contributed by atoms with Crippen molar-refractivity contribution in [2.75, 3.05) is 27.4 Å². The molecular weight excluding hydrogens is 1030 g/mol. The van der Waals surface area contributed by atoms with Gasteiger partial charge in [-0.1, -0.05) is 146 Å². The van der Waals surface area contributed by atoms with Crippen molar-refractivity contribution in [2.24, 2.45) is 0 Å². The Morgan fingerprint density at radius 2 is 0.899 bits per heavy atom. The van der Waals surface area contributed by atoms with E-state index in [-0.39, 0.29) is 30.6 Å². The standard InChI is InChI=1S/C60H58FN4O13P/c1-39-35-64(57(68)62-55(39)66)53-33-49(77-60(43-21-13-7-14-22-43,44-23-15-8-16-24-44)46-27-31-48(72-4)32-28-46)52(76-53)38-74-79(61,70)78-50-34-54(65-36-40(2)56(67)63-58(65)69)75-51(50)37-73-59(41-17-9-5-10-18-41,42-19-11-6-12-20-42)45-25-29-47(71-3)30-26-45/h5-32,35-36,49-54H,33-34,37-38H2,1-4H3,(H,62,66,68)(H,63,67,69)/t49-,50-,51+,52+,53+,54+,79?/m0/s1. The maximum absolute atomic E-state index is 17.2. The van der Waals surface area contributed by atoms with E-state index < -0.39 is 85.1 Å². The van der Waals surface area contributed by atoms with Gasteiger partial charge in [0, 0.05) is 36.4 Å². The summed E-state index contributed by atoms with van der Waals surface area (Å²) >= 11 is 0. The van der Waals surface area contributed by atoms with Crippen molar-refractivity contribution in [1.82, 2.24) is 19.1 Å². The van der Waals surface area contributed by atoms with Crippen LogP contribution in [0.5, 0.6) is 11.5 Å². The number of aromatic amines is 2. The quantitative estimate of drug-likeness (QED) is 0.0541. The van der Waals surface area contributed by atoms with Crippen LogP contribution in [0, 0.1) is 13.8 Å². The van der Waals surface area contributed by atoms with Crippen LogP contribution in [0.3, 0.4) is 0 Å². The molecule has 7 atom stereocenters. The summed E-state index contributed by atoms with van der Waals surface area (Å²) in [6, 6.07) is 52.6. The van der Waals surface area contributed by atoms with E-state index in [1.807, 2.05) is 158 Å². The van der Waals surface area contributed by atoms with Gasteiger partial charge in [0.15, 0.2) is 0 Å². The fourth-order valence-corrected chi connectivity index (χ4v) is 11.4. The summed E-state index contributed by atoms with van der Waals surface area (Å²) in [5.41, 5.74) is -0.769. The van der Waals surface area contributed by atoms with E-state index in [0.29, 0.717) is 33.8 Å². The van der Waals surface area contributed by atoms with E-state index in [1.54, 1.807) is 33.3 Å². The van der Waals surface area contributed by atoms with Gasteiger partial charge in [-0.25, -0.2) is 14.2 Å². The van der Waals surface area contributed by atoms with Gasteiger partial charge in [-0.15, -0.1) is 4.20 Å². The number of methoxy groups -OCH3 is 2. The lowest BCUT2D eigenvalue weighted by molar-refractivity contribution is -0.103. The number of H-pyrrole nitrogens is 2. The molecule has 0 bridgehead atoms. The van der Waals surface area contributed by atoms with Crippen LogP contribution >= 0.6 is 7.91 Å². The summed E-state index contributed by atoms with van der Waals surface area (Å²) in [6.07, 6.45) is -4.73. The molecule has 10 rings (SSSR count). The minimum atomic E-state index is -5.66. The smallest absolute Gasteiger partial charge is 0.497 e. The monoisotopic (exact) mass is 1090 g/mol. The molecule has 0 aliphatic carbocycles. The lowest BCUT2D eigenvalue weighted by atomic mass is 9.79. The number of aryl methyl sites for hydroxylation is 2. The van der Waals surface area contributed by atoms with Crippen LogP contribution in [0.1, 0.15) is 69.8 Å². The molecule has 2 fully saturated rings. The van der Waals surface area contributed by atoms with Crippen LogP contribution in [-0.2, 0) is 43.8 Å². The Morgan fingerprint density at radius 1 is 0.532 bits per heavy atom. The predicted molar refractivity (Wildman–Crippen MR) is 291 cm³/mol. The zero-order valence-corrected chi connectivity index (χ0v) is 44.5. The van der Waals surface area contributed by atoms with Crippen molar-refractivity contribution in [2.45, 2.75) is 74.8 Å². The third-order valence-electron chi connectivity index (χ3n) is 14.4. The highest BCUT2D eigenvalue weighted by Crippen LogP contribution is 2.55. The molecule has 0 amide bonds. The summed E-state index contributed by atoms with van der Waals surface area (Å²) in [7, 11) is -2.53. The molecule has 19 heteroatoms. The zero-order valence-electron chi connectivity index (χ0n) is 43.6. The summed E-state index contributed by atoms with van der Waals surface area (Å²) in [6.45, 7) is 2.01. The van der Waals surface area contributed by atoms with Gasteiger partial charge < -0.3 is 28.4 Å². The lowest BCUT2D eigenvalue weighted by Crippen LogP contribution is -2.41. The molecule has 2 aliphatic heterocycles. The molecule has 79 heavy (non-hydrogen) atoms. The number of hydrogen-bond donors (Lipinski definition) is 2. The van der Waals surface area contributed by atoms with Crippen molar-refractivity contribution in [3.8, 4) is 11.5 Å². The zero-order chi connectivity index (χ0) is 55.3. The normalized spacial score (nSPS) is 20.2. The van der Waals surface area contributed by atoms with Gasteiger partial charge in [-0.2, -0.15) is 0 Å². The SMILES string of the molecule is COc1ccc(C(OC[C@H]2O[C@@H](n3cc(C)c(=O)[nH]c3=O)C[C@@H]2OP(=O)(F)OC[C@H]2O[C@@H](n3cc(C)c(=O)[nH]c3=O)C[C@@H]2OC(c2ccccc2)(c2ccccc2)c2ccc(OC)cc2)(c2ccccc2)c2ccccc2)cc1. The van der Waals surface area contributed by atoms with Crippen LogP contribution < -0.4 is 32.0 Å². The maximum atomic E-state index is 17.2. The minimum absolute atomic E-state index is 0.0297. The molecule has 2 N–H and O–H groups in total. The second-order valence-electron chi connectivity index (χ2n) is 19.3. The van der Waals surface area contributed by atoms with E-state index >= 15 is 4.20 Å². The number of ether oxygens (including phenoxy) is 6. The molecule has 8 aromatic rings. The molecule has 408 valence electrons. The van der Waals surface area contributed by atoms with Gasteiger partial charge >= 0.3 is 19.3 Å². The number of benzene rings is 6. The Balaban J connectivity index is 1.00. The van der Waals surface area contributed by atoms with E-state index in [1.165, 1.54) is 23.9 Å². The summed E-state index contributed by atoms with van der Waals surface area (Å²) in [4.78, 5) is 56.6. The molecule has 2 saturated heterocycles. The number of nitrogens with one attached hydrogen (secondary N) is 2. The molecule has 0 saturated carbocycles. The topological polar surface area (TPSA) is 201 Å². The Hall–Kier alpha value is -7.80. The average Bonchev–Trinajstić information content (AvgIpc) is 4.19. The molecule has 2 aliphatic rings. The molecule has 2 aromatic heterocycles. The van der Waals surface area contributed by atoms with E-state index in [4.69, 9.17) is 37.5 Å². The number of rotatable bonds is 20. The van der Waals surface area contributed by atoms with Crippen LogP contribution in [0.4, 0.5) is 4.20 Å². The first-order valence-corrected chi connectivity index (χ1v) is 27.1. The number of halogens is 1. The highest BCUT2D eigenvalue weighted by molar-refractivity contribution is 7.48. The second kappa shape index (κ2) is 23.3. The Labute approximate surface area is 453 Å². The molecule has 4 heterocycles. The van der Waals surface area contributed by atoms with Crippen molar-refractivity contribution in [3.05, 3.63) is 268 Å². The Bertz CT molecular complexity index is 3580. The van der Waals surface area contributed by atoms with E-state index in [9.17, 15) is 23.7 Å². The number of aromatic nitrogens is 4.